The van der Waals surface area contributed by atoms with E-state index in [1.807, 2.05) is 17.4 Å². The summed E-state index contributed by atoms with van der Waals surface area (Å²) in [5.41, 5.74) is 1.41. The van der Waals surface area contributed by atoms with Gasteiger partial charge in [0, 0.05) is 17.3 Å². The first-order valence-corrected chi connectivity index (χ1v) is 9.19. The van der Waals surface area contributed by atoms with Crippen molar-refractivity contribution in [1.82, 2.24) is 19.5 Å². The Kier molecular flexibility index (Phi) is 3.68. The van der Waals surface area contributed by atoms with Crippen molar-refractivity contribution in [2.75, 3.05) is 0 Å². The van der Waals surface area contributed by atoms with Crippen LogP contribution in [0.25, 0.3) is 15.7 Å². The Balaban J connectivity index is 1.77. The van der Waals surface area contributed by atoms with Crippen molar-refractivity contribution >= 4 is 33.0 Å². The van der Waals surface area contributed by atoms with Gasteiger partial charge in [-0.15, -0.1) is 11.3 Å². The second kappa shape index (κ2) is 5.73. The highest BCUT2D eigenvalue weighted by Crippen LogP contribution is 2.28. The fourth-order valence-electron chi connectivity index (χ4n) is 3.21. The average Bonchev–Trinajstić information content (AvgIpc) is 3.02. The zero-order valence-corrected chi connectivity index (χ0v) is 14.7. The Morgan fingerprint density at radius 1 is 1.38 bits per heavy atom. The molecule has 3 aromatic rings. The summed E-state index contributed by atoms with van der Waals surface area (Å²) < 4.78 is 4.32. The zero-order chi connectivity index (χ0) is 16.8. The number of aryl methyl sites for hydroxylation is 2. The Hall–Kier alpha value is -2.15. The fraction of sp³-hybridized carbons (Fsp3) is 0.471. The van der Waals surface area contributed by atoms with Crippen molar-refractivity contribution in [1.29, 1.82) is 0 Å². The number of hydrogen-bond acceptors (Lipinski definition) is 4. The van der Waals surface area contributed by atoms with E-state index in [0.717, 1.165) is 35.3 Å². The molecule has 0 bridgehead atoms. The monoisotopic (exact) mass is 344 g/mol. The summed E-state index contributed by atoms with van der Waals surface area (Å²) in [6.07, 6.45) is 3.92. The third-order valence-corrected chi connectivity index (χ3v) is 5.63. The summed E-state index contributed by atoms with van der Waals surface area (Å²) in [7, 11) is 0. The minimum atomic E-state index is -0.211. The quantitative estimate of drug-likeness (QED) is 0.789. The van der Waals surface area contributed by atoms with Crippen LogP contribution in [0.3, 0.4) is 0 Å². The van der Waals surface area contributed by atoms with Crippen LogP contribution in [0.1, 0.15) is 36.9 Å². The Labute approximate surface area is 143 Å². The largest absolute Gasteiger partial charge is 0.352 e. The van der Waals surface area contributed by atoms with Gasteiger partial charge in [-0.25, -0.2) is 4.68 Å². The minimum Gasteiger partial charge on any atom is -0.352 e. The summed E-state index contributed by atoms with van der Waals surface area (Å²) in [5, 5.41) is 7.42. The van der Waals surface area contributed by atoms with Crippen molar-refractivity contribution in [3.05, 3.63) is 33.2 Å². The van der Waals surface area contributed by atoms with Gasteiger partial charge in [-0.1, -0.05) is 6.92 Å². The predicted molar refractivity (Wildman–Crippen MR) is 94.7 cm³/mol. The smallest absolute Gasteiger partial charge is 0.291 e. The minimum absolute atomic E-state index is 0.0172. The molecule has 0 unspecified atom stereocenters. The first-order valence-electron chi connectivity index (χ1n) is 8.37. The van der Waals surface area contributed by atoms with Crippen LogP contribution in [-0.4, -0.2) is 26.1 Å². The second-order valence-corrected chi connectivity index (χ2v) is 7.69. The molecule has 0 atom stereocenters. The van der Waals surface area contributed by atoms with Gasteiger partial charge in [0.2, 0.25) is 5.91 Å². The molecule has 24 heavy (non-hydrogen) atoms. The van der Waals surface area contributed by atoms with Crippen molar-refractivity contribution < 1.29 is 4.79 Å². The topological polar surface area (TPSA) is 68.4 Å². The number of aromatic nitrogens is 3. The molecular formula is C17H20N4O2S. The van der Waals surface area contributed by atoms with Crippen molar-refractivity contribution in [3.8, 4) is 0 Å². The number of thiophene rings is 1. The highest BCUT2D eigenvalue weighted by Gasteiger charge is 2.21. The van der Waals surface area contributed by atoms with Gasteiger partial charge in [-0.3, -0.25) is 14.0 Å². The molecular weight excluding hydrogens is 324 g/mol. The van der Waals surface area contributed by atoms with E-state index in [1.165, 1.54) is 9.56 Å². The fourth-order valence-corrected chi connectivity index (χ4v) is 4.15. The lowest BCUT2D eigenvalue weighted by Gasteiger charge is -2.26. The number of carbonyl (C=O) groups is 1. The molecule has 1 N–H and O–H groups in total. The number of nitrogens with one attached hydrogen (secondary N) is 1. The van der Waals surface area contributed by atoms with E-state index < -0.39 is 0 Å². The average molecular weight is 344 g/mol. The van der Waals surface area contributed by atoms with Gasteiger partial charge in [0.05, 0.1) is 10.2 Å². The van der Waals surface area contributed by atoms with E-state index in [4.69, 9.17) is 0 Å². The number of fused-ring (bicyclic) bond motifs is 3. The van der Waals surface area contributed by atoms with E-state index in [9.17, 15) is 9.59 Å². The Morgan fingerprint density at radius 2 is 2.17 bits per heavy atom. The highest BCUT2D eigenvalue weighted by molar-refractivity contribution is 7.19. The molecule has 0 spiro atoms. The van der Waals surface area contributed by atoms with Crippen LogP contribution in [0.5, 0.6) is 0 Å². The maximum absolute atomic E-state index is 12.8. The maximum atomic E-state index is 12.8. The van der Waals surface area contributed by atoms with Gasteiger partial charge >= 0.3 is 0 Å². The van der Waals surface area contributed by atoms with Crippen molar-refractivity contribution in [2.24, 2.45) is 0 Å². The molecule has 126 valence electrons. The van der Waals surface area contributed by atoms with Crippen LogP contribution in [0, 0.1) is 6.92 Å². The Morgan fingerprint density at radius 3 is 2.83 bits per heavy atom. The number of amides is 1. The first-order chi connectivity index (χ1) is 11.6. The van der Waals surface area contributed by atoms with E-state index in [0.29, 0.717) is 11.9 Å². The number of rotatable bonds is 4. The lowest BCUT2D eigenvalue weighted by atomic mass is 9.93. The molecule has 1 aliphatic carbocycles. The van der Waals surface area contributed by atoms with Crippen molar-refractivity contribution in [3.63, 3.8) is 0 Å². The predicted octanol–water partition coefficient (Wildman–Crippen LogP) is 2.25. The summed E-state index contributed by atoms with van der Waals surface area (Å²) in [4.78, 5) is 26.1. The lowest BCUT2D eigenvalue weighted by Crippen LogP contribution is -2.43. The highest BCUT2D eigenvalue weighted by atomic mass is 32.1. The molecule has 0 aliphatic heterocycles. The van der Waals surface area contributed by atoms with Gasteiger partial charge in [0.1, 0.15) is 17.9 Å². The van der Waals surface area contributed by atoms with Gasteiger partial charge in [-0.05, 0) is 38.3 Å². The molecule has 3 heterocycles. The van der Waals surface area contributed by atoms with Gasteiger partial charge in [0.25, 0.3) is 5.56 Å². The van der Waals surface area contributed by atoms with E-state index in [-0.39, 0.29) is 24.1 Å². The molecule has 1 aliphatic rings. The van der Waals surface area contributed by atoms with Crippen molar-refractivity contribution in [2.45, 2.75) is 52.1 Å². The maximum Gasteiger partial charge on any atom is 0.291 e. The summed E-state index contributed by atoms with van der Waals surface area (Å²) in [5.74, 6) is 0.666. The molecule has 6 nitrogen and oxygen atoms in total. The van der Waals surface area contributed by atoms with Crippen LogP contribution in [-0.2, 0) is 17.8 Å². The molecule has 4 rings (SSSR count). The van der Waals surface area contributed by atoms with E-state index >= 15 is 0 Å². The van der Waals surface area contributed by atoms with Crippen LogP contribution in [0.15, 0.2) is 16.9 Å². The van der Waals surface area contributed by atoms with Crippen LogP contribution < -0.4 is 10.9 Å². The SMILES string of the molecule is CCc1nn(CC(=O)NC2CCC2)c(=O)c2cc3sc(C)cc3n12. The molecule has 7 heteroatoms. The Bertz CT molecular complexity index is 994. The molecule has 1 amide bonds. The van der Waals surface area contributed by atoms with E-state index in [1.54, 1.807) is 11.3 Å². The standard InChI is InChI=1S/C17H20N4O2S/c1-3-15-19-20(9-16(22)18-11-5-4-6-11)17(23)13-8-14-12(21(13)15)7-10(2)24-14/h7-8,11H,3-6,9H2,1-2H3,(H,18,22). The normalized spacial score (nSPS) is 15.1. The molecule has 1 fully saturated rings. The van der Waals surface area contributed by atoms with Crippen LogP contribution in [0.2, 0.25) is 0 Å². The van der Waals surface area contributed by atoms with Gasteiger partial charge in [0.15, 0.2) is 0 Å². The molecule has 0 saturated heterocycles. The molecule has 3 aromatic heterocycles. The molecule has 0 radical (unpaired) electrons. The second-order valence-electron chi connectivity index (χ2n) is 6.40. The number of nitrogens with zero attached hydrogens (tertiary/aromatic N) is 3. The van der Waals surface area contributed by atoms with E-state index in [2.05, 4.69) is 23.4 Å². The zero-order valence-electron chi connectivity index (χ0n) is 13.8. The first kappa shape index (κ1) is 15.4. The van der Waals surface area contributed by atoms with Gasteiger partial charge < -0.3 is 5.32 Å². The number of hydrogen-bond donors (Lipinski definition) is 1. The van der Waals surface area contributed by atoms with Crippen LogP contribution in [0.4, 0.5) is 0 Å². The molecule has 0 aromatic carbocycles. The molecule has 1 saturated carbocycles. The number of carbonyl (C=O) groups excluding carboxylic acids is 1. The van der Waals surface area contributed by atoms with Crippen LogP contribution >= 0.6 is 11.3 Å². The summed E-state index contributed by atoms with van der Waals surface area (Å²) in [6.45, 7) is 4.05. The summed E-state index contributed by atoms with van der Waals surface area (Å²) >= 11 is 1.67. The third kappa shape index (κ3) is 2.43. The summed E-state index contributed by atoms with van der Waals surface area (Å²) in [6, 6.07) is 4.27. The van der Waals surface area contributed by atoms with Gasteiger partial charge in [-0.2, -0.15) is 5.10 Å². The lowest BCUT2D eigenvalue weighted by molar-refractivity contribution is -0.123. The third-order valence-electron chi connectivity index (χ3n) is 4.64.